The van der Waals surface area contributed by atoms with Crippen molar-refractivity contribution in [2.45, 2.75) is 26.2 Å². The van der Waals surface area contributed by atoms with Gasteiger partial charge in [0.05, 0.1) is 13.2 Å². The van der Waals surface area contributed by atoms with Gasteiger partial charge in [-0.2, -0.15) is 0 Å². The van der Waals surface area contributed by atoms with Crippen LogP contribution in [0.3, 0.4) is 0 Å². The predicted octanol–water partition coefficient (Wildman–Crippen LogP) is 2.26. The van der Waals surface area contributed by atoms with Crippen molar-refractivity contribution in [3.8, 4) is 0 Å². The van der Waals surface area contributed by atoms with Gasteiger partial charge in [0, 0.05) is 18.3 Å². The van der Waals surface area contributed by atoms with E-state index in [-0.39, 0.29) is 5.91 Å². The van der Waals surface area contributed by atoms with Crippen LogP contribution < -0.4 is 5.32 Å². The summed E-state index contributed by atoms with van der Waals surface area (Å²) in [5.41, 5.74) is 0.999. The lowest BCUT2D eigenvalue weighted by Gasteiger charge is -2.05. The SMILES string of the molecule is C=C(C)COCCNC(=O)CCCCBr. The molecule has 0 unspecified atom stereocenters. The third-order valence-electron chi connectivity index (χ3n) is 1.70. The molecule has 0 aliphatic rings. The molecule has 0 aliphatic heterocycles. The maximum atomic E-state index is 11.2. The average Bonchev–Trinajstić information content (AvgIpc) is 2.17. The van der Waals surface area contributed by atoms with Crippen molar-refractivity contribution in [2.24, 2.45) is 0 Å². The van der Waals surface area contributed by atoms with Gasteiger partial charge in [-0.3, -0.25) is 4.79 Å². The molecule has 3 nitrogen and oxygen atoms in total. The summed E-state index contributed by atoms with van der Waals surface area (Å²) in [5, 5.41) is 3.77. The van der Waals surface area contributed by atoms with Crippen molar-refractivity contribution in [3.63, 3.8) is 0 Å². The van der Waals surface area contributed by atoms with Crippen molar-refractivity contribution in [1.29, 1.82) is 0 Å². The summed E-state index contributed by atoms with van der Waals surface area (Å²) in [6.07, 6.45) is 2.58. The van der Waals surface area contributed by atoms with Gasteiger partial charge >= 0.3 is 0 Å². The molecule has 0 aromatic carbocycles. The van der Waals surface area contributed by atoms with Gasteiger partial charge in [0.15, 0.2) is 0 Å². The number of ether oxygens (including phenoxy) is 1. The Labute approximate surface area is 100 Å². The Bertz CT molecular complexity index is 195. The number of hydrogen-bond donors (Lipinski definition) is 1. The molecular weight excluding hydrogens is 258 g/mol. The van der Waals surface area contributed by atoms with Crippen LogP contribution in [0.1, 0.15) is 26.2 Å². The van der Waals surface area contributed by atoms with Crippen molar-refractivity contribution in [3.05, 3.63) is 12.2 Å². The summed E-state index contributed by atoms with van der Waals surface area (Å²) in [5.74, 6) is 0.106. The van der Waals surface area contributed by atoms with E-state index in [4.69, 9.17) is 4.74 Å². The fraction of sp³-hybridized carbons (Fsp3) is 0.727. The molecular formula is C11H20BrNO2. The number of rotatable bonds is 9. The number of unbranched alkanes of at least 4 members (excludes halogenated alkanes) is 1. The van der Waals surface area contributed by atoms with E-state index in [2.05, 4.69) is 27.8 Å². The molecule has 0 radical (unpaired) electrons. The van der Waals surface area contributed by atoms with Crippen molar-refractivity contribution >= 4 is 21.8 Å². The minimum Gasteiger partial charge on any atom is -0.375 e. The Morgan fingerprint density at radius 2 is 2.20 bits per heavy atom. The van der Waals surface area contributed by atoms with E-state index >= 15 is 0 Å². The van der Waals surface area contributed by atoms with Gasteiger partial charge in [-0.25, -0.2) is 0 Å². The molecule has 0 aromatic rings. The topological polar surface area (TPSA) is 38.3 Å². The monoisotopic (exact) mass is 277 g/mol. The second-order valence-electron chi connectivity index (χ2n) is 3.51. The van der Waals surface area contributed by atoms with Crippen molar-refractivity contribution in [1.82, 2.24) is 5.32 Å². The van der Waals surface area contributed by atoms with Crippen LogP contribution in [0.2, 0.25) is 0 Å². The first kappa shape index (κ1) is 14.6. The molecule has 0 bridgehead atoms. The second kappa shape index (κ2) is 10.2. The minimum atomic E-state index is 0.106. The Balaban J connectivity index is 3.20. The molecule has 0 saturated heterocycles. The van der Waals surface area contributed by atoms with Crippen LogP contribution in [0.5, 0.6) is 0 Å². The van der Waals surface area contributed by atoms with E-state index in [1.165, 1.54) is 0 Å². The van der Waals surface area contributed by atoms with Gasteiger partial charge in [-0.05, 0) is 19.8 Å². The average molecular weight is 278 g/mol. The molecule has 0 spiro atoms. The van der Waals surface area contributed by atoms with Crippen LogP contribution >= 0.6 is 15.9 Å². The zero-order valence-electron chi connectivity index (χ0n) is 9.35. The van der Waals surface area contributed by atoms with Gasteiger partial charge in [-0.1, -0.05) is 28.1 Å². The third kappa shape index (κ3) is 11.6. The Morgan fingerprint density at radius 1 is 1.47 bits per heavy atom. The lowest BCUT2D eigenvalue weighted by molar-refractivity contribution is -0.121. The number of amides is 1. The molecule has 0 aliphatic carbocycles. The number of halogens is 1. The van der Waals surface area contributed by atoms with E-state index in [0.29, 0.717) is 26.2 Å². The highest BCUT2D eigenvalue weighted by atomic mass is 79.9. The molecule has 0 rings (SSSR count). The molecule has 0 fully saturated rings. The fourth-order valence-corrected chi connectivity index (χ4v) is 1.37. The molecule has 0 saturated carbocycles. The van der Waals surface area contributed by atoms with E-state index in [1.807, 2.05) is 6.92 Å². The van der Waals surface area contributed by atoms with E-state index in [9.17, 15) is 4.79 Å². The number of hydrogen-bond acceptors (Lipinski definition) is 2. The largest absolute Gasteiger partial charge is 0.375 e. The zero-order valence-corrected chi connectivity index (χ0v) is 10.9. The van der Waals surface area contributed by atoms with E-state index < -0.39 is 0 Å². The molecule has 1 N–H and O–H groups in total. The van der Waals surface area contributed by atoms with E-state index in [1.54, 1.807) is 0 Å². The van der Waals surface area contributed by atoms with Crippen LogP contribution in [0.25, 0.3) is 0 Å². The zero-order chi connectivity index (χ0) is 11.5. The molecule has 15 heavy (non-hydrogen) atoms. The van der Waals surface area contributed by atoms with Gasteiger partial charge in [0.1, 0.15) is 0 Å². The van der Waals surface area contributed by atoms with Gasteiger partial charge < -0.3 is 10.1 Å². The van der Waals surface area contributed by atoms with Crippen LogP contribution in [0, 0.1) is 0 Å². The summed E-state index contributed by atoms with van der Waals surface area (Å²) in [4.78, 5) is 11.2. The third-order valence-corrected chi connectivity index (χ3v) is 2.27. The molecule has 88 valence electrons. The first-order valence-corrected chi connectivity index (χ1v) is 6.33. The second-order valence-corrected chi connectivity index (χ2v) is 4.30. The maximum Gasteiger partial charge on any atom is 0.220 e. The predicted molar refractivity (Wildman–Crippen MR) is 66.3 cm³/mol. The van der Waals surface area contributed by atoms with Gasteiger partial charge in [0.2, 0.25) is 5.91 Å². The van der Waals surface area contributed by atoms with Gasteiger partial charge in [0.25, 0.3) is 0 Å². The number of carbonyl (C=O) groups is 1. The molecule has 0 atom stereocenters. The van der Waals surface area contributed by atoms with Crippen LogP contribution in [-0.2, 0) is 9.53 Å². The standard InChI is InChI=1S/C11H20BrNO2/c1-10(2)9-15-8-7-13-11(14)5-3-4-6-12/h1,3-9H2,2H3,(H,13,14). The normalized spacial score (nSPS) is 10.0. The molecule has 1 amide bonds. The first-order chi connectivity index (χ1) is 7.16. The number of carbonyl (C=O) groups excluding carboxylic acids is 1. The maximum absolute atomic E-state index is 11.2. The highest BCUT2D eigenvalue weighted by Crippen LogP contribution is 1.97. The number of nitrogens with one attached hydrogen (secondary N) is 1. The first-order valence-electron chi connectivity index (χ1n) is 5.21. The van der Waals surface area contributed by atoms with Crippen LogP contribution in [0.15, 0.2) is 12.2 Å². The summed E-state index contributed by atoms with van der Waals surface area (Å²) in [7, 11) is 0. The van der Waals surface area contributed by atoms with Crippen LogP contribution in [-0.4, -0.2) is 31.0 Å². The summed E-state index contributed by atoms with van der Waals surface area (Å²) >= 11 is 3.33. The minimum absolute atomic E-state index is 0.106. The lowest BCUT2D eigenvalue weighted by Crippen LogP contribution is -2.27. The number of alkyl halides is 1. The fourth-order valence-electron chi connectivity index (χ4n) is 0.977. The van der Waals surface area contributed by atoms with Crippen molar-refractivity contribution in [2.75, 3.05) is 25.1 Å². The Morgan fingerprint density at radius 3 is 2.80 bits per heavy atom. The van der Waals surface area contributed by atoms with Crippen LogP contribution in [0.4, 0.5) is 0 Å². The van der Waals surface area contributed by atoms with Gasteiger partial charge in [-0.15, -0.1) is 0 Å². The van der Waals surface area contributed by atoms with Crippen molar-refractivity contribution < 1.29 is 9.53 Å². The molecule has 0 heterocycles. The quantitative estimate of drug-likeness (QED) is 0.399. The summed E-state index contributed by atoms with van der Waals surface area (Å²) < 4.78 is 5.25. The summed E-state index contributed by atoms with van der Waals surface area (Å²) in [6, 6.07) is 0. The van der Waals surface area contributed by atoms with E-state index in [0.717, 1.165) is 23.7 Å². The summed E-state index contributed by atoms with van der Waals surface area (Å²) in [6.45, 7) is 7.34. The Kier molecular flexibility index (Phi) is 9.94. The Hall–Kier alpha value is -0.350. The lowest BCUT2D eigenvalue weighted by atomic mass is 10.2. The smallest absolute Gasteiger partial charge is 0.220 e. The highest BCUT2D eigenvalue weighted by Gasteiger charge is 1.99. The molecule has 0 aromatic heterocycles. The highest BCUT2D eigenvalue weighted by molar-refractivity contribution is 9.09. The molecule has 4 heteroatoms.